The van der Waals surface area contributed by atoms with Crippen LogP contribution in [-0.4, -0.2) is 39.3 Å². The lowest BCUT2D eigenvalue weighted by atomic mass is 10.2. The molecule has 2 rings (SSSR count). The van der Waals surface area contributed by atoms with Crippen molar-refractivity contribution in [2.45, 2.75) is 46.7 Å². The van der Waals surface area contributed by atoms with E-state index in [2.05, 4.69) is 53.5 Å². The van der Waals surface area contributed by atoms with E-state index in [-0.39, 0.29) is 0 Å². The normalized spacial score (nSPS) is 13.1. The summed E-state index contributed by atoms with van der Waals surface area (Å²) in [5.41, 5.74) is 5.44. The third-order valence-electron chi connectivity index (χ3n) is 3.83. The molecule has 20 heavy (non-hydrogen) atoms. The van der Waals surface area contributed by atoms with E-state index in [0.29, 0.717) is 6.04 Å². The molecule has 0 aliphatic carbocycles. The van der Waals surface area contributed by atoms with E-state index >= 15 is 0 Å². The fourth-order valence-corrected chi connectivity index (χ4v) is 3.08. The summed E-state index contributed by atoms with van der Waals surface area (Å²) in [7, 11) is 2.19. The molecule has 0 fully saturated rings. The van der Waals surface area contributed by atoms with Crippen molar-refractivity contribution < 1.29 is 0 Å². The minimum absolute atomic E-state index is 0.473. The Bertz CT molecular complexity index is 558. The monoisotopic (exact) mass is 292 g/mol. The van der Waals surface area contributed by atoms with Gasteiger partial charge in [0.05, 0.1) is 23.4 Å². The zero-order valence-electron chi connectivity index (χ0n) is 13.1. The fourth-order valence-electron chi connectivity index (χ4n) is 2.31. The molecule has 0 radical (unpaired) electrons. The van der Waals surface area contributed by atoms with Crippen molar-refractivity contribution >= 4 is 11.3 Å². The number of hydrogen-bond acceptors (Lipinski definition) is 4. The van der Waals surface area contributed by atoms with Crippen LogP contribution in [0.5, 0.6) is 0 Å². The smallest absolute Gasteiger partial charge is 0.0797 e. The Balaban J connectivity index is 1.87. The molecule has 0 aromatic carbocycles. The summed E-state index contributed by atoms with van der Waals surface area (Å²) >= 11 is 1.76. The van der Waals surface area contributed by atoms with Gasteiger partial charge in [-0.05, 0) is 47.2 Å². The first-order valence-corrected chi connectivity index (χ1v) is 7.95. The van der Waals surface area contributed by atoms with Crippen molar-refractivity contribution in [3.8, 4) is 0 Å². The van der Waals surface area contributed by atoms with Crippen LogP contribution >= 0.6 is 11.3 Å². The lowest BCUT2D eigenvalue weighted by Gasteiger charge is -2.25. The van der Waals surface area contributed by atoms with Gasteiger partial charge in [0, 0.05) is 23.2 Å². The van der Waals surface area contributed by atoms with Gasteiger partial charge >= 0.3 is 0 Å². The van der Waals surface area contributed by atoms with E-state index in [0.717, 1.165) is 25.2 Å². The molecule has 0 saturated carbocycles. The van der Waals surface area contributed by atoms with Gasteiger partial charge in [-0.2, -0.15) is 5.10 Å². The second-order valence-corrected chi connectivity index (χ2v) is 6.49. The molecule has 0 N–H and O–H groups in total. The van der Waals surface area contributed by atoms with Crippen LogP contribution in [0, 0.1) is 20.8 Å². The Morgan fingerprint density at radius 1 is 1.35 bits per heavy atom. The summed E-state index contributed by atoms with van der Waals surface area (Å²) in [6.07, 6.45) is 1.08. The quantitative estimate of drug-likeness (QED) is 0.821. The van der Waals surface area contributed by atoms with Crippen LogP contribution in [0.4, 0.5) is 0 Å². The highest BCUT2D eigenvalue weighted by Gasteiger charge is 2.13. The molecule has 110 valence electrons. The maximum Gasteiger partial charge on any atom is 0.0797 e. The van der Waals surface area contributed by atoms with E-state index in [4.69, 9.17) is 0 Å². The first kappa shape index (κ1) is 15.2. The van der Waals surface area contributed by atoms with E-state index in [9.17, 15) is 0 Å². The number of nitrogens with zero attached hydrogens (tertiary/aromatic N) is 4. The zero-order valence-corrected chi connectivity index (χ0v) is 13.9. The van der Waals surface area contributed by atoms with Crippen LogP contribution in [-0.2, 0) is 13.0 Å². The molecule has 4 nitrogen and oxygen atoms in total. The summed E-state index contributed by atoms with van der Waals surface area (Å²) in [6.45, 7) is 10.5. The predicted molar refractivity (Wildman–Crippen MR) is 84.3 cm³/mol. The molecule has 1 atom stereocenters. The van der Waals surface area contributed by atoms with E-state index < -0.39 is 0 Å². The van der Waals surface area contributed by atoms with Crippen molar-refractivity contribution in [2.75, 3.05) is 13.6 Å². The van der Waals surface area contributed by atoms with E-state index in [1.54, 1.807) is 11.3 Å². The van der Waals surface area contributed by atoms with Crippen LogP contribution < -0.4 is 0 Å². The average Bonchev–Trinajstić information content (AvgIpc) is 2.93. The number of aryl methyl sites for hydroxylation is 3. The van der Waals surface area contributed by atoms with Crippen LogP contribution in [0.15, 0.2) is 11.6 Å². The van der Waals surface area contributed by atoms with Crippen molar-refractivity contribution in [2.24, 2.45) is 0 Å². The van der Waals surface area contributed by atoms with Crippen molar-refractivity contribution in [1.29, 1.82) is 0 Å². The van der Waals surface area contributed by atoms with Crippen LogP contribution in [0.3, 0.4) is 0 Å². The van der Waals surface area contributed by atoms with Gasteiger partial charge in [0.1, 0.15) is 0 Å². The number of aromatic nitrogens is 3. The molecule has 0 spiro atoms. The summed E-state index contributed by atoms with van der Waals surface area (Å²) < 4.78 is 2.11. The highest BCUT2D eigenvalue weighted by atomic mass is 32.1. The predicted octanol–water partition coefficient (Wildman–Crippen LogP) is 2.83. The lowest BCUT2D eigenvalue weighted by Crippen LogP contribution is -2.34. The summed E-state index contributed by atoms with van der Waals surface area (Å²) in [5, 5.41) is 4.54. The van der Waals surface area contributed by atoms with Gasteiger partial charge in [-0.25, -0.2) is 4.98 Å². The van der Waals surface area contributed by atoms with Gasteiger partial charge in [0.15, 0.2) is 0 Å². The molecule has 0 aliphatic heterocycles. The number of rotatable bonds is 6. The van der Waals surface area contributed by atoms with Gasteiger partial charge in [-0.3, -0.25) is 4.68 Å². The standard InChI is InChI=1S/C15H24N4S/c1-11-8-12(2)19(17-11)9-13(3)18(5)7-6-15-14(4)16-10-20-15/h8,10,13H,6-7,9H2,1-5H3/t13-/m0/s1. The summed E-state index contributed by atoms with van der Waals surface area (Å²) in [6, 6.07) is 2.61. The van der Waals surface area contributed by atoms with E-state index in [1.807, 2.05) is 12.4 Å². The number of thiazole rings is 1. The van der Waals surface area contributed by atoms with Gasteiger partial charge in [-0.15, -0.1) is 11.3 Å². The molecule has 0 unspecified atom stereocenters. The van der Waals surface area contributed by atoms with Crippen molar-refractivity contribution in [1.82, 2.24) is 19.7 Å². The molecular formula is C15H24N4S. The van der Waals surface area contributed by atoms with Gasteiger partial charge in [-0.1, -0.05) is 0 Å². The molecule has 2 aromatic heterocycles. The van der Waals surface area contributed by atoms with Gasteiger partial charge < -0.3 is 4.90 Å². The largest absolute Gasteiger partial charge is 0.301 e. The molecular weight excluding hydrogens is 268 g/mol. The maximum absolute atomic E-state index is 4.54. The first-order chi connectivity index (χ1) is 9.47. The minimum atomic E-state index is 0.473. The molecule has 2 heterocycles. The third kappa shape index (κ3) is 3.67. The Kier molecular flexibility index (Phi) is 4.94. The van der Waals surface area contributed by atoms with Crippen LogP contribution in [0.1, 0.15) is 28.9 Å². The summed E-state index contributed by atoms with van der Waals surface area (Å²) in [4.78, 5) is 8.10. The topological polar surface area (TPSA) is 34.0 Å². The summed E-state index contributed by atoms with van der Waals surface area (Å²) in [5.74, 6) is 0. The zero-order chi connectivity index (χ0) is 14.7. The Morgan fingerprint density at radius 3 is 2.65 bits per heavy atom. The number of hydrogen-bond donors (Lipinski definition) is 0. The Morgan fingerprint density at radius 2 is 2.10 bits per heavy atom. The van der Waals surface area contributed by atoms with Crippen LogP contribution in [0.2, 0.25) is 0 Å². The first-order valence-electron chi connectivity index (χ1n) is 7.07. The van der Waals surface area contributed by atoms with Gasteiger partial charge in [0.25, 0.3) is 0 Å². The van der Waals surface area contributed by atoms with Crippen molar-refractivity contribution in [3.05, 3.63) is 33.5 Å². The molecule has 0 bridgehead atoms. The molecule has 5 heteroatoms. The average molecular weight is 292 g/mol. The second kappa shape index (κ2) is 6.50. The van der Waals surface area contributed by atoms with Crippen molar-refractivity contribution in [3.63, 3.8) is 0 Å². The Labute approximate surface area is 125 Å². The highest BCUT2D eigenvalue weighted by Crippen LogP contribution is 2.14. The lowest BCUT2D eigenvalue weighted by molar-refractivity contribution is 0.231. The fraction of sp³-hybridized carbons (Fsp3) is 0.600. The maximum atomic E-state index is 4.54. The number of likely N-dealkylation sites (N-methyl/N-ethyl adjacent to an activating group) is 1. The van der Waals surface area contributed by atoms with Crippen LogP contribution in [0.25, 0.3) is 0 Å². The SMILES string of the molecule is Cc1cc(C)n(C[C@H](C)N(C)CCc2scnc2C)n1. The molecule has 0 saturated heterocycles. The molecule has 0 aliphatic rings. The minimum Gasteiger partial charge on any atom is -0.301 e. The van der Waals surface area contributed by atoms with Gasteiger partial charge in [0.2, 0.25) is 0 Å². The molecule has 2 aromatic rings. The highest BCUT2D eigenvalue weighted by molar-refractivity contribution is 7.09. The second-order valence-electron chi connectivity index (χ2n) is 5.55. The molecule has 0 amide bonds. The Hall–Kier alpha value is -1.20. The van der Waals surface area contributed by atoms with E-state index in [1.165, 1.54) is 16.3 Å². The third-order valence-corrected chi connectivity index (χ3v) is 4.82.